The first kappa shape index (κ1) is 15.5. The first-order valence-electron chi connectivity index (χ1n) is 8.19. The highest BCUT2D eigenvalue weighted by atomic mass is 14.1. The second-order valence-electron chi connectivity index (χ2n) is 5.90. The van der Waals surface area contributed by atoms with Gasteiger partial charge in [0.1, 0.15) is 0 Å². The van der Waals surface area contributed by atoms with E-state index in [1.54, 1.807) is 0 Å². The summed E-state index contributed by atoms with van der Waals surface area (Å²) >= 11 is 0. The van der Waals surface area contributed by atoms with Crippen LogP contribution >= 0.6 is 0 Å². The maximum atomic E-state index is 2.41. The highest BCUT2D eigenvalue weighted by molar-refractivity contribution is 4.83. The fourth-order valence-electron chi connectivity index (χ4n) is 2.63. The van der Waals surface area contributed by atoms with Crippen LogP contribution in [0.15, 0.2) is 24.3 Å². The third kappa shape index (κ3) is 9.50. The van der Waals surface area contributed by atoms with Crippen molar-refractivity contribution in [2.75, 3.05) is 0 Å². The van der Waals surface area contributed by atoms with Crippen molar-refractivity contribution in [1.29, 1.82) is 0 Å². The summed E-state index contributed by atoms with van der Waals surface area (Å²) in [5, 5.41) is 0. The Kier molecular flexibility index (Phi) is 9.98. The van der Waals surface area contributed by atoms with Gasteiger partial charge in [0.2, 0.25) is 0 Å². The van der Waals surface area contributed by atoms with Crippen molar-refractivity contribution in [3.8, 4) is 0 Å². The van der Waals surface area contributed by atoms with Crippen LogP contribution in [0.1, 0.15) is 84.0 Å². The second kappa shape index (κ2) is 11.6. The number of hydrogen-bond donors (Lipinski definition) is 0. The summed E-state index contributed by atoms with van der Waals surface area (Å²) < 4.78 is 0. The van der Waals surface area contributed by atoms with Crippen LogP contribution in [0.4, 0.5) is 0 Å². The minimum absolute atomic E-state index is 0.911. The Bertz CT molecular complexity index is 224. The molecule has 0 spiro atoms. The lowest BCUT2D eigenvalue weighted by atomic mass is 9.98. The minimum Gasteiger partial charge on any atom is -0.0885 e. The minimum atomic E-state index is 0.911. The van der Waals surface area contributed by atoms with Crippen LogP contribution in [0.3, 0.4) is 0 Å². The normalized spacial score (nSPS) is 25.7. The summed E-state index contributed by atoms with van der Waals surface area (Å²) in [6, 6.07) is 0. The van der Waals surface area contributed by atoms with Gasteiger partial charge in [0, 0.05) is 0 Å². The van der Waals surface area contributed by atoms with E-state index in [0.29, 0.717) is 0 Å². The van der Waals surface area contributed by atoms with E-state index in [4.69, 9.17) is 0 Å². The molecule has 0 heterocycles. The van der Waals surface area contributed by atoms with E-state index in [2.05, 4.69) is 31.2 Å². The summed E-state index contributed by atoms with van der Waals surface area (Å²) in [6.45, 7) is 2.41. The molecule has 0 nitrogen and oxygen atoms in total. The van der Waals surface area contributed by atoms with Crippen molar-refractivity contribution < 1.29 is 0 Å². The van der Waals surface area contributed by atoms with E-state index in [1.165, 1.54) is 77.0 Å². The maximum Gasteiger partial charge on any atom is -0.0348 e. The molecule has 0 saturated heterocycles. The van der Waals surface area contributed by atoms with Crippen LogP contribution < -0.4 is 0 Å². The Balaban J connectivity index is 2.22. The lowest BCUT2D eigenvalue weighted by Gasteiger charge is -2.08. The monoisotopic (exact) mass is 248 g/mol. The van der Waals surface area contributed by atoms with E-state index in [1.807, 2.05) is 0 Å². The number of allylic oxidation sites excluding steroid dienone is 4. The number of hydrogen-bond acceptors (Lipinski definition) is 0. The zero-order valence-electron chi connectivity index (χ0n) is 12.4. The van der Waals surface area contributed by atoms with Crippen LogP contribution in [0.25, 0.3) is 0 Å². The number of rotatable bonds is 0. The predicted octanol–water partition coefficient (Wildman–Crippen LogP) is 6.43. The molecule has 1 unspecified atom stereocenters. The molecule has 0 aromatic carbocycles. The van der Waals surface area contributed by atoms with Crippen molar-refractivity contribution in [2.45, 2.75) is 84.0 Å². The molecule has 0 radical (unpaired) electrons. The van der Waals surface area contributed by atoms with Gasteiger partial charge < -0.3 is 0 Å². The summed E-state index contributed by atoms with van der Waals surface area (Å²) in [4.78, 5) is 0. The topological polar surface area (TPSA) is 0 Å². The van der Waals surface area contributed by atoms with Gasteiger partial charge in [-0.15, -0.1) is 0 Å². The average molecular weight is 248 g/mol. The summed E-state index contributed by atoms with van der Waals surface area (Å²) in [5.74, 6) is 0.911. The van der Waals surface area contributed by atoms with Crippen LogP contribution in [0, 0.1) is 5.92 Å². The Morgan fingerprint density at radius 3 is 1.67 bits per heavy atom. The molecule has 18 heavy (non-hydrogen) atoms. The van der Waals surface area contributed by atoms with Gasteiger partial charge in [0.25, 0.3) is 0 Å². The molecule has 0 amide bonds. The van der Waals surface area contributed by atoms with E-state index in [9.17, 15) is 0 Å². The van der Waals surface area contributed by atoms with Gasteiger partial charge in [-0.1, -0.05) is 56.9 Å². The smallest absolute Gasteiger partial charge is 0.0348 e. The standard InChI is InChI=1S/C18H32/c1-18-16-14-12-10-8-6-4-2-3-5-7-9-11-13-15-17-18/h6,8,11,13,18H,2-5,7,9-10,12,14-17H2,1H3. The van der Waals surface area contributed by atoms with Crippen molar-refractivity contribution >= 4 is 0 Å². The zero-order valence-corrected chi connectivity index (χ0v) is 12.4. The highest BCUT2D eigenvalue weighted by Gasteiger charge is 2.00. The van der Waals surface area contributed by atoms with Crippen molar-refractivity contribution in [2.24, 2.45) is 5.92 Å². The van der Waals surface area contributed by atoms with Gasteiger partial charge in [-0.05, 0) is 57.3 Å². The largest absolute Gasteiger partial charge is 0.0885 e. The van der Waals surface area contributed by atoms with Crippen LogP contribution in [0.2, 0.25) is 0 Å². The quantitative estimate of drug-likeness (QED) is 0.433. The molecular weight excluding hydrogens is 216 g/mol. The molecule has 0 heteroatoms. The van der Waals surface area contributed by atoms with E-state index in [0.717, 1.165) is 5.92 Å². The Morgan fingerprint density at radius 1 is 0.556 bits per heavy atom. The van der Waals surface area contributed by atoms with Gasteiger partial charge >= 0.3 is 0 Å². The van der Waals surface area contributed by atoms with Gasteiger partial charge in [0.15, 0.2) is 0 Å². The van der Waals surface area contributed by atoms with Gasteiger partial charge in [-0.2, -0.15) is 0 Å². The molecule has 0 saturated carbocycles. The summed E-state index contributed by atoms with van der Waals surface area (Å²) in [6.07, 6.45) is 26.0. The lowest BCUT2D eigenvalue weighted by molar-refractivity contribution is 0.470. The van der Waals surface area contributed by atoms with E-state index >= 15 is 0 Å². The molecule has 104 valence electrons. The molecule has 1 atom stereocenters. The third-order valence-corrected chi connectivity index (χ3v) is 3.97. The van der Waals surface area contributed by atoms with Crippen molar-refractivity contribution in [3.05, 3.63) is 24.3 Å². The first-order valence-corrected chi connectivity index (χ1v) is 8.19. The molecule has 0 aliphatic heterocycles. The third-order valence-electron chi connectivity index (χ3n) is 3.97. The fourth-order valence-corrected chi connectivity index (χ4v) is 2.63. The Labute approximate surface area is 115 Å². The fraction of sp³-hybridized carbons (Fsp3) is 0.778. The maximum absolute atomic E-state index is 2.41. The molecule has 1 rings (SSSR count). The molecule has 0 N–H and O–H groups in total. The van der Waals surface area contributed by atoms with Crippen molar-refractivity contribution in [3.63, 3.8) is 0 Å². The van der Waals surface area contributed by atoms with Crippen LogP contribution in [0.5, 0.6) is 0 Å². The SMILES string of the molecule is CC1CCC=CCCCCCCC=CCCCC1. The van der Waals surface area contributed by atoms with Gasteiger partial charge in [0.05, 0.1) is 0 Å². The molecule has 0 bridgehead atoms. The molecule has 0 aromatic rings. The zero-order chi connectivity index (χ0) is 12.9. The van der Waals surface area contributed by atoms with Crippen LogP contribution in [-0.2, 0) is 0 Å². The molecule has 1 aliphatic carbocycles. The Hall–Kier alpha value is -0.520. The van der Waals surface area contributed by atoms with Crippen molar-refractivity contribution in [1.82, 2.24) is 0 Å². The summed E-state index contributed by atoms with van der Waals surface area (Å²) in [7, 11) is 0. The molecule has 0 fully saturated rings. The molecular formula is C18H32. The molecule has 0 aromatic heterocycles. The summed E-state index contributed by atoms with van der Waals surface area (Å²) in [5.41, 5.74) is 0. The van der Waals surface area contributed by atoms with E-state index in [-0.39, 0.29) is 0 Å². The highest BCUT2D eigenvalue weighted by Crippen LogP contribution is 2.16. The Morgan fingerprint density at radius 2 is 1.06 bits per heavy atom. The van der Waals surface area contributed by atoms with Crippen LogP contribution in [-0.4, -0.2) is 0 Å². The first-order chi connectivity index (χ1) is 8.89. The van der Waals surface area contributed by atoms with E-state index < -0.39 is 0 Å². The lowest BCUT2D eigenvalue weighted by Crippen LogP contribution is -1.93. The molecule has 1 aliphatic rings. The second-order valence-corrected chi connectivity index (χ2v) is 5.90. The predicted molar refractivity (Wildman–Crippen MR) is 82.8 cm³/mol. The average Bonchev–Trinajstić information content (AvgIpc) is 2.37. The van der Waals surface area contributed by atoms with Gasteiger partial charge in [-0.25, -0.2) is 0 Å². The van der Waals surface area contributed by atoms with Gasteiger partial charge in [-0.3, -0.25) is 0 Å².